The third kappa shape index (κ3) is 4.74. The third-order valence-electron chi connectivity index (χ3n) is 3.11. The number of carbonyl (C=O) groups is 2. The second kappa shape index (κ2) is 8.04. The summed E-state index contributed by atoms with van der Waals surface area (Å²) in [5.41, 5.74) is 0.881. The normalized spacial score (nSPS) is 11.6. The summed E-state index contributed by atoms with van der Waals surface area (Å²) >= 11 is 7.56. The predicted octanol–water partition coefficient (Wildman–Crippen LogP) is 4.25. The van der Waals surface area contributed by atoms with Crippen LogP contribution in [0, 0.1) is 0 Å². The number of nitrogens with one attached hydrogen (secondary N) is 1. The second-order valence-corrected chi connectivity index (χ2v) is 6.03. The summed E-state index contributed by atoms with van der Waals surface area (Å²) in [6, 6.07) is 13.9. The van der Waals surface area contributed by atoms with E-state index < -0.39 is 18.0 Å². The van der Waals surface area contributed by atoms with E-state index in [9.17, 15) is 9.59 Å². The van der Waals surface area contributed by atoms with Crippen molar-refractivity contribution in [2.45, 2.75) is 17.9 Å². The van der Waals surface area contributed by atoms with E-state index in [1.54, 1.807) is 48.2 Å². The number of hydrogen-bond acceptors (Lipinski definition) is 4. The molecule has 0 aliphatic rings. The zero-order valence-corrected chi connectivity index (χ0v) is 14.3. The highest BCUT2D eigenvalue weighted by Gasteiger charge is 2.19. The topological polar surface area (TPSA) is 55.4 Å². The summed E-state index contributed by atoms with van der Waals surface area (Å²) in [6.45, 7) is 1.51. The Kier molecular flexibility index (Phi) is 6.07. The van der Waals surface area contributed by atoms with Crippen LogP contribution in [0.1, 0.15) is 17.3 Å². The van der Waals surface area contributed by atoms with Gasteiger partial charge in [0.1, 0.15) is 0 Å². The van der Waals surface area contributed by atoms with E-state index in [2.05, 4.69) is 5.32 Å². The Bertz CT molecular complexity index is 703. The van der Waals surface area contributed by atoms with Crippen LogP contribution < -0.4 is 5.32 Å². The fraction of sp³-hybridized carbons (Fsp3) is 0.176. The van der Waals surface area contributed by atoms with Gasteiger partial charge in [0.2, 0.25) is 0 Å². The molecule has 2 aromatic rings. The molecule has 0 aliphatic heterocycles. The highest BCUT2D eigenvalue weighted by molar-refractivity contribution is 7.98. The summed E-state index contributed by atoms with van der Waals surface area (Å²) in [6.07, 6.45) is 1.02. The maximum atomic E-state index is 12.1. The Labute approximate surface area is 144 Å². The van der Waals surface area contributed by atoms with Gasteiger partial charge >= 0.3 is 5.97 Å². The van der Waals surface area contributed by atoms with Crippen LogP contribution in [0.2, 0.25) is 5.02 Å². The van der Waals surface area contributed by atoms with Crippen molar-refractivity contribution in [1.82, 2.24) is 0 Å². The maximum Gasteiger partial charge on any atom is 0.338 e. The Morgan fingerprint density at radius 1 is 1.13 bits per heavy atom. The van der Waals surface area contributed by atoms with Gasteiger partial charge in [-0.15, -0.1) is 11.8 Å². The van der Waals surface area contributed by atoms with E-state index in [-0.39, 0.29) is 0 Å². The molecule has 0 aromatic heterocycles. The minimum Gasteiger partial charge on any atom is -0.449 e. The summed E-state index contributed by atoms with van der Waals surface area (Å²) in [4.78, 5) is 25.2. The number of rotatable bonds is 5. The fourth-order valence-corrected chi connectivity index (χ4v) is 2.40. The van der Waals surface area contributed by atoms with Gasteiger partial charge in [0, 0.05) is 4.90 Å². The minimum absolute atomic E-state index is 0.403. The molecule has 1 N–H and O–H groups in total. The first-order valence-corrected chi connectivity index (χ1v) is 8.52. The van der Waals surface area contributed by atoms with Crippen molar-refractivity contribution in [3.8, 4) is 0 Å². The number of ether oxygens (including phenoxy) is 1. The van der Waals surface area contributed by atoms with E-state index in [4.69, 9.17) is 16.3 Å². The molecule has 2 aromatic carbocycles. The van der Waals surface area contributed by atoms with Gasteiger partial charge in [-0.2, -0.15) is 0 Å². The average molecular weight is 350 g/mol. The van der Waals surface area contributed by atoms with Crippen LogP contribution in [0.5, 0.6) is 0 Å². The lowest BCUT2D eigenvalue weighted by molar-refractivity contribution is -0.123. The lowest BCUT2D eigenvalue weighted by Gasteiger charge is -2.14. The van der Waals surface area contributed by atoms with Crippen molar-refractivity contribution < 1.29 is 14.3 Å². The minimum atomic E-state index is -0.931. The number of anilines is 1. The van der Waals surface area contributed by atoms with Crippen LogP contribution in [0.25, 0.3) is 0 Å². The molecule has 1 amide bonds. The number of amides is 1. The molecule has 0 fully saturated rings. The zero-order chi connectivity index (χ0) is 16.8. The van der Waals surface area contributed by atoms with Crippen molar-refractivity contribution in [2.75, 3.05) is 11.6 Å². The molecule has 0 bridgehead atoms. The lowest BCUT2D eigenvalue weighted by Crippen LogP contribution is -2.30. The Morgan fingerprint density at radius 3 is 2.39 bits per heavy atom. The van der Waals surface area contributed by atoms with Crippen LogP contribution >= 0.6 is 23.4 Å². The van der Waals surface area contributed by atoms with E-state index >= 15 is 0 Å². The van der Waals surface area contributed by atoms with Crippen molar-refractivity contribution in [2.24, 2.45) is 0 Å². The number of halogens is 1. The average Bonchev–Trinajstić information content (AvgIpc) is 2.56. The fourth-order valence-electron chi connectivity index (χ4n) is 1.81. The number of thioether (sulfide) groups is 1. The van der Waals surface area contributed by atoms with Crippen LogP contribution in [0.4, 0.5) is 5.69 Å². The van der Waals surface area contributed by atoms with Crippen molar-refractivity contribution >= 4 is 40.9 Å². The Balaban J connectivity index is 1.97. The van der Waals surface area contributed by atoms with E-state index in [0.717, 1.165) is 4.90 Å². The van der Waals surface area contributed by atoms with Gasteiger partial charge in [-0.3, -0.25) is 4.79 Å². The van der Waals surface area contributed by atoms with Crippen LogP contribution in [0.15, 0.2) is 53.4 Å². The van der Waals surface area contributed by atoms with Gasteiger partial charge in [0.15, 0.2) is 6.10 Å². The molecular weight excluding hydrogens is 334 g/mol. The van der Waals surface area contributed by atoms with Crippen LogP contribution in [-0.2, 0) is 9.53 Å². The molecule has 0 saturated carbocycles. The van der Waals surface area contributed by atoms with Gasteiger partial charge < -0.3 is 10.1 Å². The number of hydrogen-bond donors (Lipinski definition) is 1. The Morgan fingerprint density at radius 2 is 1.78 bits per heavy atom. The van der Waals surface area contributed by atoms with Crippen LogP contribution in [-0.4, -0.2) is 24.2 Å². The largest absolute Gasteiger partial charge is 0.449 e. The van der Waals surface area contributed by atoms with Crippen molar-refractivity contribution in [1.29, 1.82) is 0 Å². The van der Waals surface area contributed by atoms with E-state index in [0.29, 0.717) is 16.3 Å². The van der Waals surface area contributed by atoms with E-state index in [1.807, 2.05) is 18.4 Å². The molecule has 2 rings (SSSR count). The number of benzene rings is 2. The molecule has 6 heteroatoms. The molecule has 120 valence electrons. The van der Waals surface area contributed by atoms with Gasteiger partial charge in [-0.25, -0.2) is 4.79 Å². The first-order valence-electron chi connectivity index (χ1n) is 6.91. The monoisotopic (exact) mass is 349 g/mol. The standard InChI is InChI=1S/C17H16ClNO3S/c1-11(16(20)19-15-6-4-3-5-14(15)18)22-17(21)12-7-9-13(23-2)10-8-12/h3-11H,1-2H3,(H,19,20)/t11-/m1/s1. The molecular formula is C17H16ClNO3S. The summed E-state index contributed by atoms with van der Waals surface area (Å²) in [5, 5.41) is 3.06. The molecule has 23 heavy (non-hydrogen) atoms. The molecule has 0 heterocycles. The summed E-state index contributed by atoms with van der Waals surface area (Å²) in [5.74, 6) is -0.980. The van der Waals surface area contributed by atoms with Gasteiger partial charge in [0.25, 0.3) is 5.91 Å². The SMILES string of the molecule is CSc1ccc(C(=O)O[C@H](C)C(=O)Nc2ccccc2Cl)cc1. The molecule has 0 unspecified atom stereocenters. The molecule has 4 nitrogen and oxygen atoms in total. The van der Waals surface area contributed by atoms with Gasteiger partial charge in [-0.05, 0) is 49.6 Å². The quantitative estimate of drug-likeness (QED) is 0.647. The molecule has 0 radical (unpaired) electrons. The predicted molar refractivity (Wildman–Crippen MR) is 93.2 cm³/mol. The third-order valence-corrected chi connectivity index (χ3v) is 4.18. The smallest absolute Gasteiger partial charge is 0.338 e. The van der Waals surface area contributed by atoms with Gasteiger partial charge in [-0.1, -0.05) is 23.7 Å². The maximum absolute atomic E-state index is 12.1. The van der Waals surface area contributed by atoms with Crippen molar-refractivity contribution in [3.05, 3.63) is 59.1 Å². The van der Waals surface area contributed by atoms with Crippen molar-refractivity contribution in [3.63, 3.8) is 0 Å². The molecule has 0 saturated heterocycles. The summed E-state index contributed by atoms with van der Waals surface area (Å²) < 4.78 is 5.18. The van der Waals surface area contributed by atoms with Crippen LogP contribution in [0.3, 0.4) is 0 Å². The molecule has 1 atom stereocenters. The van der Waals surface area contributed by atoms with E-state index in [1.165, 1.54) is 6.92 Å². The first kappa shape index (κ1) is 17.4. The molecule has 0 aliphatic carbocycles. The number of carbonyl (C=O) groups excluding carboxylic acids is 2. The Hall–Kier alpha value is -1.98. The highest BCUT2D eigenvalue weighted by atomic mass is 35.5. The number of esters is 1. The zero-order valence-electron chi connectivity index (χ0n) is 12.7. The highest BCUT2D eigenvalue weighted by Crippen LogP contribution is 2.21. The molecule has 0 spiro atoms. The lowest BCUT2D eigenvalue weighted by atomic mass is 10.2. The number of para-hydroxylation sites is 1. The van der Waals surface area contributed by atoms with Gasteiger partial charge in [0.05, 0.1) is 16.3 Å². The first-order chi connectivity index (χ1) is 11.0. The summed E-state index contributed by atoms with van der Waals surface area (Å²) in [7, 11) is 0. The second-order valence-electron chi connectivity index (χ2n) is 4.75.